The summed E-state index contributed by atoms with van der Waals surface area (Å²) in [6, 6.07) is 27.8. The molecule has 9 heteroatoms. The Kier molecular flexibility index (Phi) is 9.00. The van der Waals surface area contributed by atoms with Crippen LogP contribution < -0.4 is 22.3 Å². The maximum Gasteiger partial charge on any atom is 0.416 e. The molecule has 2 N–H and O–H groups in total. The van der Waals surface area contributed by atoms with Crippen LogP contribution >= 0.6 is 0 Å². The number of anilines is 1. The molecule has 1 aromatic heterocycles. The first-order valence-corrected chi connectivity index (χ1v) is 15.7. The van der Waals surface area contributed by atoms with Crippen LogP contribution in [-0.4, -0.2) is 46.2 Å². The standard InChI is InChI=1S/C38H34F3N3O2.BrH/c1-2-24-22-44(23-36(45)43-32-13-7-9-25-8-3-4-10-29(25)32)19-18-27(24)20-35(44)37(46)31-21-34(42-33-12-6-5-11-30(31)33)26-14-16-28(17-15-26)38(39,40)41;/h2-17,21,24,27,35,37,46H,1,18-20,22-23H2;1H/t24-,27-,35+,37-,44-;/m0./s1. The predicted octanol–water partition coefficient (Wildman–Crippen LogP) is 5.16. The van der Waals surface area contributed by atoms with Gasteiger partial charge in [-0.15, -0.1) is 6.58 Å². The van der Waals surface area contributed by atoms with Gasteiger partial charge in [-0.2, -0.15) is 13.2 Å². The number of aliphatic hydroxyl groups excluding tert-OH is 1. The van der Waals surface area contributed by atoms with Crippen molar-refractivity contribution < 1.29 is 44.5 Å². The number of piperidine rings is 3. The van der Waals surface area contributed by atoms with Gasteiger partial charge < -0.3 is 31.9 Å². The van der Waals surface area contributed by atoms with Crippen LogP contribution in [0.2, 0.25) is 0 Å². The summed E-state index contributed by atoms with van der Waals surface area (Å²) < 4.78 is 40.2. The van der Waals surface area contributed by atoms with Crippen molar-refractivity contribution in [3.8, 4) is 11.3 Å². The molecule has 3 fully saturated rings. The first-order chi connectivity index (χ1) is 22.1. The van der Waals surface area contributed by atoms with E-state index in [-0.39, 0.29) is 41.4 Å². The first-order valence-electron chi connectivity index (χ1n) is 15.7. The van der Waals surface area contributed by atoms with Crippen LogP contribution in [0.5, 0.6) is 0 Å². The van der Waals surface area contributed by atoms with Crippen molar-refractivity contribution in [3.63, 3.8) is 0 Å². The maximum atomic E-state index is 13.8. The predicted molar refractivity (Wildman–Crippen MR) is 175 cm³/mol. The molecule has 5 nitrogen and oxygen atoms in total. The van der Waals surface area contributed by atoms with Crippen LogP contribution in [0.15, 0.2) is 110 Å². The summed E-state index contributed by atoms with van der Waals surface area (Å²) in [6.45, 7) is 5.76. The Labute approximate surface area is 282 Å². The summed E-state index contributed by atoms with van der Waals surface area (Å²) in [5, 5.41) is 18.3. The van der Waals surface area contributed by atoms with E-state index in [1.54, 1.807) is 6.07 Å². The Hall–Kier alpha value is -4.05. The van der Waals surface area contributed by atoms with E-state index in [0.717, 1.165) is 53.4 Å². The molecule has 0 unspecified atom stereocenters. The van der Waals surface area contributed by atoms with Gasteiger partial charge in [0.05, 0.1) is 29.9 Å². The van der Waals surface area contributed by atoms with Crippen molar-refractivity contribution in [1.29, 1.82) is 0 Å². The molecule has 4 aromatic carbocycles. The smallest absolute Gasteiger partial charge is 0.416 e. The Morgan fingerprint density at radius 3 is 2.45 bits per heavy atom. The Balaban J connectivity index is 0.00000386. The number of carbonyl (C=O) groups excluding carboxylic acids is 1. The van der Waals surface area contributed by atoms with Crippen LogP contribution in [0.1, 0.15) is 30.1 Å². The Morgan fingerprint density at radius 2 is 1.70 bits per heavy atom. The van der Waals surface area contributed by atoms with Gasteiger partial charge in [-0.25, -0.2) is 4.98 Å². The number of carbonyl (C=O) groups is 1. The molecular weight excluding hydrogens is 667 g/mol. The van der Waals surface area contributed by atoms with Crippen LogP contribution in [0.3, 0.4) is 0 Å². The summed E-state index contributed by atoms with van der Waals surface area (Å²) in [7, 11) is 0. The van der Waals surface area contributed by atoms with Gasteiger partial charge in [0.25, 0.3) is 5.91 Å². The summed E-state index contributed by atoms with van der Waals surface area (Å²) in [4.78, 5) is 18.6. The number of benzene rings is 4. The number of nitrogens with zero attached hydrogens (tertiary/aromatic N) is 2. The van der Waals surface area contributed by atoms with Crippen LogP contribution in [0, 0.1) is 11.8 Å². The maximum absolute atomic E-state index is 13.8. The lowest BCUT2D eigenvalue weighted by molar-refractivity contribution is -0.966. The minimum atomic E-state index is -4.44. The van der Waals surface area contributed by atoms with Crippen molar-refractivity contribution in [3.05, 3.63) is 121 Å². The van der Waals surface area contributed by atoms with Gasteiger partial charge in [0, 0.05) is 40.8 Å². The zero-order valence-electron chi connectivity index (χ0n) is 25.6. The summed E-state index contributed by atoms with van der Waals surface area (Å²) >= 11 is 0. The lowest BCUT2D eigenvalue weighted by atomic mass is 9.71. The number of hydrogen-bond donors (Lipinski definition) is 2. The van der Waals surface area contributed by atoms with Gasteiger partial charge in [0.1, 0.15) is 12.1 Å². The number of nitrogens with one attached hydrogen (secondary N) is 1. The van der Waals surface area contributed by atoms with Crippen LogP contribution in [0.25, 0.3) is 32.9 Å². The highest BCUT2D eigenvalue weighted by Gasteiger charge is 2.55. The minimum Gasteiger partial charge on any atom is -1.00 e. The fraction of sp³-hybridized carbons (Fsp3) is 0.263. The van der Waals surface area contributed by atoms with Gasteiger partial charge in [0.15, 0.2) is 6.54 Å². The van der Waals surface area contributed by atoms with Crippen molar-refractivity contribution >= 4 is 33.3 Å². The second kappa shape index (κ2) is 12.9. The van der Waals surface area contributed by atoms with Gasteiger partial charge in [0.2, 0.25) is 0 Å². The number of quaternary nitrogens is 1. The highest BCUT2D eigenvalue weighted by atomic mass is 79.9. The SMILES string of the molecule is C=C[C@H]1C[N@+]2(CC(=O)Nc3cccc4ccccc34)CC[C@H]1C[C@@H]2[C@@H](O)c1cc(-c2ccc(C(F)(F)F)cc2)nc2ccccc12.[Br-]. The van der Waals surface area contributed by atoms with E-state index < -0.39 is 17.8 Å². The van der Waals surface area contributed by atoms with Crippen LogP contribution in [0.4, 0.5) is 18.9 Å². The third kappa shape index (κ3) is 6.20. The van der Waals surface area contributed by atoms with E-state index in [1.165, 1.54) is 12.1 Å². The number of alkyl halides is 3. The molecule has 5 atom stereocenters. The number of amides is 1. The summed E-state index contributed by atoms with van der Waals surface area (Å²) in [5.41, 5.74) is 2.36. The zero-order valence-corrected chi connectivity index (χ0v) is 27.2. The van der Waals surface area contributed by atoms with E-state index in [0.29, 0.717) is 39.3 Å². The zero-order chi connectivity index (χ0) is 32.1. The average Bonchev–Trinajstić information content (AvgIpc) is 3.07. The van der Waals surface area contributed by atoms with Crippen molar-refractivity contribution in [2.24, 2.45) is 11.8 Å². The quantitative estimate of drug-likeness (QED) is 0.182. The Bertz CT molecular complexity index is 1940. The topological polar surface area (TPSA) is 62.2 Å². The number of para-hydroxylation sites is 1. The lowest BCUT2D eigenvalue weighted by Gasteiger charge is -2.57. The van der Waals surface area contributed by atoms with Crippen molar-refractivity contribution in [2.75, 3.05) is 25.0 Å². The number of hydrogen-bond acceptors (Lipinski definition) is 3. The normalized spacial score (nSPS) is 22.9. The second-order valence-corrected chi connectivity index (χ2v) is 12.7. The van der Waals surface area contributed by atoms with Crippen molar-refractivity contribution in [2.45, 2.75) is 31.2 Å². The third-order valence-corrected chi connectivity index (χ3v) is 10.1. The molecule has 0 spiro atoms. The number of aliphatic hydroxyl groups is 1. The molecule has 0 aliphatic carbocycles. The molecule has 3 saturated heterocycles. The molecule has 3 aliphatic heterocycles. The van der Waals surface area contributed by atoms with Crippen LogP contribution in [-0.2, 0) is 11.0 Å². The molecule has 5 aromatic rings. The van der Waals surface area contributed by atoms with Gasteiger partial charge >= 0.3 is 6.18 Å². The fourth-order valence-corrected chi connectivity index (χ4v) is 7.82. The molecule has 47 heavy (non-hydrogen) atoms. The van der Waals surface area contributed by atoms with Gasteiger partial charge in [-0.1, -0.05) is 72.8 Å². The third-order valence-electron chi connectivity index (χ3n) is 10.1. The lowest BCUT2D eigenvalue weighted by Crippen LogP contribution is -3.00. The van der Waals surface area contributed by atoms with E-state index in [9.17, 15) is 23.1 Å². The molecule has 0 radical (unpaired) electrons. The Morgan fingerprint density at radius 1 is 1.00 bits per heavy atom. The number of pyridine rings is 1. The number of fused-ring (bicyclic) bond motifs is 5. The minimum absolute atomic E-state index is 0. The molecular formula is C38H35BrF3N3O2. The van der Waals surface area contributed by atoms with E-state index in [2.05, 4.69) is 11.9 Å². The largest absolute Gasteiger partial charge is 1.00 e. The highest BCUT2D eigenvalue weighted by Crippen LogP contribution is 2.47. The average molecular weight is 703 g/mol. The van der Waals surface area contributed by atoms with E-state index >= 15 is 0 Å². The number of aromatic nitrogens is 1. The van der Waals surface area contributed by atoms with Gasteiger partial charge in [-0.05, 0) is 47.2 Å². The fourth-order valence-electron chi connectivity index (χ4n) is 7.82. The summed E-state index contributed by atoms with van der Waals surface area (Å²) in [5.74, 6) is 0.474. The monoisotopic (exact) mass is 701 g/mol. The molecule has 1 amide bonds. The highest BCUT2D eigenvalue weighted by molar-refractivity contribution is 6.02. The molecule has 242 valence electrons. The molecule has 0 saturated carbocycles. The first kappa shape index (κ1) is 32.9. The van der Waals surface area contributed by atoms with Crippen molar-refractivity contribution in [1.82, 2.24) is 4.98 Å². The number of halogens is 4. The van der Waals surface area contributed by atoms with E-state index in [4.69, 9.17) is 4.98 Å². The second-order valence-electron chi connectivity index (χ2n) is 12.7. The molecule has 2 bridgehead atoms. The molecule has 8 rings (SSSR count). The molecule has 3 aliphatic rings. The molecule has 4 heterocycles. The van der Waals surface area contributed by atoms with E-state index in [1.807, 2.05) is 72.8 Å². The van der Waals surface area contributed by atoms with Gasteiger partial charge in [-0.3, -0.25) is 4.79 Å². The number of rotatable bonds is 7. The summed E-state index contributed by atoms with van der Waals surface area (Å²) in [6.07, 6.45) is -1.71.